The van der Waals surface area contributed by atoms with E-state index < -0.39 is 0 Å². The standard InChI is InChI=1S/C14H14BrNO/c1-3-17-13-6-4-5-11(8-13)14-10(2)7-12(15)9-16-14/h4-9H,3H2,1-2H3. The van der Waals surface area contributed by atoms with Crippen molar-refractivity contribution in [1.29, 1.82) is 0 Å². The third kappa shape index (κ3) is 2.86. The van der Waals surface area contributed by atoms with Gasteiger partial charge < -0.3 is 4.74 Å². The molecular weight excluding hydrogens is 278 g/mol. The Balaban J connectivity index is 2.42. The minimum absolute atomic E-state index is 0.677. The Morgan fingerprint density at radius 3 is 2.82 bits per heavy atom. The van der Waals surface area contributed by atoms with Gasteiger partial charge in [-0.15, -0.1) is 0 Å². The van der Waals surface area contributed by atoms with Crippen LogP contribution in [0.25, 0.3) is 11.3 Å². The van der Waals surface area contributed by atoms with Gasteiger partial charge in [0.2, 0.25) is 0 Å². The van der Waals surface area contributed by atoms with Gasteiger partial charge in [0, 0.05) is 16.2 Å². The molecule has 1 aromatic heterocycles. The molecule has 0 aliphatic rings. The van der Waals surface area contributed by atoms with Gasteiger partial charge >= 0.3 is 0 Å². The monoisotopic (exact) mass is 291 g/mol. The van der Waals surface area contributed by atoms with Crippen LogP contribution in [0.1, 0.15) is 12.5 Å². The predicted molar refractivity (Wildman–Crippen MR) is 73.3 cm³/mol. The van der Waals surface area contributed by atoms with Crippen molar-refractivity contribution in [3.8, 4) is 17.0 Å². The van der Waals surface area contributed by atoms with Crippen LogP contribution in [0.5, 0.6) is 5.75 Å². The molecular formula is C14H14BrNO. The molecule has 0 unspecified atom stereocenters. The Morgan fingerprint density at radius 2 is 2.12 bits per heavy atom. The molecule has 0 fully saturated rings. The van der Waals surface area contributed by atoms with Crippen LogP contribution < -0.4 is 4.74 Å². The average Bonchev–Trinajstić information content (AvgIpc) is 2.29. The zero-order valence-electron chi connectivity index (χ0n) is 9.90. The van der Waals surface area contributed by atoms with Gasteiger partial charge in [-0.2, -0.15) is 0 Å². The number of hydrogen-bond donors (Lipinski definition) is 0. The molecule has 0 saturated carbocycles. The first-order valence-electron chi connectivity index (χ1n) is 5.56. The van der Waals surface area contributed by atoms with Crippen LogP contribution in [0, 0.1) is 6.92 Å². The predicted octanol–water partition coefficient (Wildman–Crippen LogP) is 4.22. The highest BCUT2D eigenvalue weighted by Crippen LogP contribution is 2.26. The van der Waals surface area contributed by atoms with Crippen molar-refractivity contribution in [2.24, 2.45) is 0 Å². The highest BCUT2D eigenvalue weighted by molar-refractivity contribution is 9.10. The number of benzene rings is 1. The van der Waals surface area contributed by atoms with Gasteiger partial charge in [-0.05, 0) is 53.5 Å². The van der Waals surface area contributed by atoms with E-state index in [0.29, 0.717) is 6.61 Å². The van der Waals surface area contributed by atoms with Gasteiger partial charge in [-0.1, -0.05) is 12.1 Å². The molecule has 0 bridgehead atoms. The Morgan fingerprint density at radius 1 is 1.29 bits per heavy atom. The Labute approximate surface area is 110 Å². The van der Waals surface area contributed by atoms with E-state index in [1.807, 2.05) is 37.4 Å². The number of nitrogens with zero attached hydrogens (tertiary/aromatic N) is 1. The largest absolute Gasteiger partial charge is 0.494 e. The number of aromatic nitrogens is 1. The maximum Gasteiger partial charge on any atom is 0.119 e. The number of pyridine rings is 1. The molecule has 3 heteroatoms. The lowest BCUT2D eigenvalue weighted by molar-refractivity contribution is 0.340. The lowest BCUT2D eigenvalue weighted by atomic mass is 10.1. The summed E-state index contributed by atoms with van der Waals surface area (Å²) < 4.78 is 6.49. The summed E-state index contributed by atoms with van der Waals surface area (Å²) in [5.74, 6) is 0.883. The molecule has 0 N–H and O–H groups in total. The van der Waals surface area contributed by atoms with Crippen molar-refractivity contribution in [1.82, 2.24) is 4.98 Å². The van der Waals surface area contributed by atoms with Gasteiger partial charge in [-0.25, -0.2) is 0 Å². The highest BCUT2D eigenvalue weighted by Gasteiger charge is 2.05. The van der Waals surface area contributed by atoms with Crippen LogP contribution in [-0.4, -0.2) is 11.6 Å². The number of rotatable bonds is 3. The summed E-state index contributed by atoms with van der Waals surface area (Å²) in [6, 6.07) is 10.1. The van der Waals surface area contributed by atoms with E-state index in [2.05, 4.69) is 33.9 Å². The minimum Gasteiger partial charge on any atom is -0.494 e. The van der Waals surface area contributed by atoms with Crippen LogP contribution >= 0.6 is 15.9 Å². The molecule has 17 heavy (non-hydrogen) atoms. The maximum absolute atomic E-state index is 5.49. The summed E-state index contributed by atoms with van der Waals surface area (Å²) in [5.41, 5.74) is 3.23. The van der Waals surface area contributed by atoms with Gasteiger partial charge in [0.1, 0.15) is 5.75 Å². The first kappa shape index (κ1) is 12.1. The quantitative estimate of drug-likeness (QED) is 0.845. The zero-order chi connectivity index (χ0) is 12.3. The van der Waals surface area contributed by atoms with E-state index in [4.69, 9.17) is 4.74 Å². The van der Waals surface area contributed by atoms with E-state index >= 15 is 0 Å². The summed E-state index contributed by atoms with van der Waals surface area (Å²) in [7, 11) is 0. The molecule has 2 rings (SSSR count). The van der Waals surface area contributed by atoms with Crippen molar-refractivity contribution in [2.75, 3.05) is 6.61 Å². The molecule has 2 nitrogen and oxygen atoms in total. The third-order valence-corrected chi connectivity index (χ3v) is 2.90. The summed E-state index contributed by atoms with van der Waals surface area (Å²) >= 11 is 3.42. The minimum atomic E-state index is 0.677. The van der Waals surface area contributed by atoms with Crippen LogP contribution in [0.2, 0.25) is 0 Å². The number of hydrogen-bond acceptors (Lipinski definition) is 2. The van der Waals surface area contributed by atoms with E-state index in [9.17, 15) is 0 Å². The van der Waals surface area contributed by atoms with Crippen LogP contribution in [0.3, 0.4) is 0 Å². The molecule has 0 spiro atoms. The van der Waals surface area contributed by atoms with Crippen LogP contribution in [0.4, 0.5) is 0 Å². The van der Waals surface area contributed by atoms with E-state index in [1.54, 1.807) is 0 Å². The SMILES string of the molecule is CCOc1cccc(-c2ncc(Br)cc2C)c1. The van der Waals surface area contributed by atoms with Gasteiger partial charge in [0.25, 0.3) is 0 Å². The normalized spacial score (nSPS) is 10.3. The van der Waals surface area contributed by atoms with E-state index in [-0.39, 0.29) is 0 Å². The molecule has 0 aliphatic carbocycles. The third-order valence-electron chi connectivity index (χ3n) is 2.46. The molecule has 0 radical (unpaired) electrons. The second kappa shape index (κ2) is 5.32. The second-order valence-corrected chi connectivity index (χ2v) is 4.70. The van der Waals surface area contributed by atoms with Crippen molar-refractivity contribution in [3.05, 3.63) is 46.6 Å². The molecule has 2 aromatic rings. The van der Waals surface area contributed by atoms with Crippen molar-refractivity contribution in [3.63, 3.8) is 0 Å². The molecule has 88 valence electrons. The fraction of sp³-hybridized carbons (Fsp3) is 0.214. The van der Waals surface area contributed by atoms with Crippen molar-refractivity contribution in [2.45, 2.75) is 13.8 Å². The van der Waals surface area contributed by atoms with Crippen molar-refractivity contribution >= 4 is 15.9 Å². The highest BCUT2D eigenvalue weighted by atomic mass is 79.9. The van der Waals surface area contributed by atoms with E-state index in [0.717, 1.165) is 27.0 Å². The second-order valence-electron chi connectivity index (χ2n) is 3.78. The fourth-order valence-corrected chi connectivity index (χ4v) is 2.19. The summed E-state index contributed by atoms with van der Waals surface area (Å²) in [6.45, 7) is 4.71. The summed E-state index contributed by atoms with van der Waals surface area (Å²) in [6.07, 6.45) is 1.82. The molecule has 1 heterocycles. The molecule has 0 aliphatic heterocycles. The van der Waals surface area contributed by atoms with Crippen LogP contribution in [0.15, 0.2) is 41.0 Å². The molecule has 1 aromatic carbocycles. The number of aryl methyl sites for hydroxylation is 1. The van der Waals surface area contributed by atoms with E-state index in [1.165, 1.54) is 0 Å². The number of ether oxygens (including phenoxy) is 1. The fourth-order valence-electron chi connectivity index (χ4n) is 1.74. The topological polar surface area (TPSA) is 22.1 Å². The summed E-state index contributed by atoms with van der Waals surface area (Å²) in [5, 5.41) is 0. The van der Waals surface area contributed by atoms with Gasteiger partial charge in [0.05, 0.1) is 12.3 Å². The number of halogens is 1. The smallest absolute Gasteiger partial charge is 0.119 e. The Kier molecular flexibility index (Phi) is 3.79. The Bertz CT molecular complexity index is 525. The lowest BCUT2D eigenvalue weighted by Gasteiger charge is -2.08. The first-order valence-corrected chi connectivity index (χ1v) is 6.35. The lowest BCUT2D eigenvalue weighted by Crippen LogP contribution is -1.93. The first-order chi connectivity index (χ1) is 8.20. The molecule has 0 saturated heterocycles. The van der Waals surface area contributed by atoms with Crippen LogP contribution in [-0.2, 0) is 0 Å². The maximum atomic E-state index is 5.49. The summed E-state index contributed by atoms with van der Waals surface area (Å²) in [4.78, 5) is 4.45. The van der Waals surface area contributed by atoms with Gasteiger partial charge in [-0.3, -0.25) is 4.98 Å². The molecule has 0 atom stereocenters. The zero-order valence-corrected chi connectivity index (χ0v) is 11.5. The average molecular weight is 292 g/mol. The molecule has 0 amide bonds. The Hall–Kier alpha value is -1.35. The van der Waals surface area contributed by atoms with Crippen molar-refractivity contribution < 1.29 is 4.74 Å². The van der Waals surface area contributed by atoms with Gasteiger partial charge in [0.15, 0.2) is 0 Å².